The summed E-state index contributed by atoms with van der Waals surface area (Å²) in [6.45, 7) is 5.95. The van der Waals surface area contributed by atoms with Gasteiger partial charge in [0.2, 0.25) is 0 Å². The fourth-order valence-corrected chi connectivity index (χ4v) is 4.70. The molecule has 1 saturated carbocycles. The van der Waals surface area contributed by atoms with Crippen LogP contribution < -0.4 is 0 Å². The van der Waals surface area contributed by atoms with Crippen molar-refractivity contribution in [3.63, 3.8) is 0 Å². The lowest BCUT2D eigenvalue weighted by atomic mass is 9.51. The summed E-state index contributed by atoms with van der Waals surface area (Å²) < 4.78 is 5.59. The molecule has 0 aromatic carbocycles. The van der Waals surface area contributed by atoms with Crippen LogP contribution in [0.3, 0.4) is 0 Å². The lowest BCUT2D eigenvalue weighted by Gasteiger charge is -2.53. The first kappa shape index (κ1) is 13.6. The van der Waals surface area contributed by atoms with Crippen LogP contribution in [-0.2, 0) is 4.74 Å². The van der Waals surface area contributed by atoms with E-state index < -0.39 is 11.9 Å². The second-order valence-corrected chi connectivity index (χ2v) is 6.95. The molecule has 3 aliphatic rings. The van der Waals surface area contributed by atoms with Gasteiger partial charge in [-0.05, 0) is 37.5 Å². The molecule has 0 bridgehead atoms. The first-order valence-corrected chi connectivity index (χ1v) is 7.23. The second kappa shape index (κ2) is 4.04. The minimum absolute atomic E-state index is 0.0927. The van der Waals surface area contributed by atoms with E-state index in [0.717, 1.165) is 12.8 Å². The van der Waals surface area contributed by atoms with Gasteiger partial charge in [0.05, 0.1) is 12.2 Å². The van der Waals surface area contributed by atoms with E-state index in [1.807, 2.05) is 6.08 Å². The Bertz CT molecular complexity index is 416. The van der Waals surface area contributed by atoms with Crippen molar-refractivity contribution in [1.82, 2.24) is 0 Å². The van der Waals surface area contributed by atoms with Crippen molar-refractivity contribution in [2.75, 3.05) is 0 Å². The Labute approximate surface area is 114 Å². The van der Waals surface area contributed by atoms with Gasteiger partial charge in [0.15, 0.2) is 6.29 Å². The highest BCUT2D eigenvalue weighted by Crippen LogP contribution is 2.60. The highest BCUT2D eigenvalue weighted by atomic mass is 16.6. The van der Waals surface area contributed by atoms with Crippen LogP contribution >= 0.6 is 0 Å². The van der Waals surface area contributed by atoms with Gasteiger partial charge in [-0.3, -0.25) is 0 Å². The third kappa shape index (κ3) is 1.67. The fraction of sp³-hybridized carbons (Fsp3) is 0.867. The minimum atomic E-state index is -1.23. The highest BCUT2D eigenvalue weighted by molar-refractivity contribution is 5.28. The summed E-state index contributed by atoms with van der Waals surface area (Å²) in [4.78, 5) is 0. The van der Waals surface area contributed by atoms with Crippen molar-refractivity contribution in [3.05, 3.63) is 11.6 Å². The molecular weight excluding hydrogens is 244 g/mol. The molecule has 3 N–H and O–H groups in total. The van der Waals surface area contributed by atoms with E-state index in [9.17, 15) is 15.3 Å². The molecule has 7 atom stereocenters. The standard InChI is InChI=1S/C15H24O4/c1-8-6-10(16)7-9-4-5-11-12(14(8,9)2)15(3,18)13(17)19-11/h7-8,10-13,16-18H,4-6H2,1-3H3. The number of hydrogen-bond donors (Lipinski definition) is 3. The van der Waals surface area contributed by atoms with Crippen LogP contribution in [0.15, 0.2) is 11.6 Å². The molecule has 1 heterocycles. The van der Waals surface area contributed by atoms with Gasteiger partial charge in [0.25, 0.3) is 0 Å². The van der Waals surface area contributed by atoms with Crippen LogP contribution in [0, 0.1) is 17.3 Å². The molecule has 4 nitrogen and oxygen atoms in total. The van der Waals surface area contributed by atoms with E-state index in [4.69, 9.17) is 4.74 Å². The Hall–Kier alpha value is -0.420. The van der Waals surface area contributed by atoms with E-state index in [1.165, 1.54) is 5.57 Å². The zero-order valence-corrected chi connectivity index (χ0v) is 11.8. The SMILES string of the molecule is CC1CC(O)C=C2CCC3OC(O)C(C)(O)C3C21C. The van der Waals surface area contributed by atoms with Crippen molar-refractivity contribution in [2.45, 2.75) is 64.1 Å². The minimum Gasteiger partial charge on any atom is -0.389 e. The summed E-state index contributed by atoms with van der Waals surface area (Å²) >= 11 is 0. The highest BCUT2D eigenvalue weighted by Gasteiger charge is 2.63. The van der Waals surface area contributed by atoms with Crippen LogP contribution in [0.4, 0.5) is 0 Å². The second-order valence-electron chi connectivity index (χ2n) is 6.95. The van der Waals surface area contributed by atoms with Crippen molar-refractivity contribution < 1.29 is 20.1 Å². The van der Waals surface area contributed by atoms with Crippen molar-refractivity contribution in [3.8, 4) is 0 Å². The average molecular weight is 268 g/mol. The van der Waals surface area contributed by atoms with Crippen LogP contribution in [0.25, 0.3) is 0 Å². The van der Waals surface area contributed by atoms with Gasteiger partial charge >= 0.3 is 0 Å². The summed E-state index contributed by atoms with van der Waals surface area (Å²) in [5.74, 6) is 0.146. The maximum absolute atomic E-state index is 10.7. The first-order chi connectivity index (χ1) is 8.77. The monoisotopic (exact) mass is 268 g/mol. The molecule has 0 aromatic rings. The van der Waals surface area contributed by atoms with Gasteiger partial charge < -0.3 is 20.1 Å². The maximum Gasteiger partial charge on any atom is 0.184 e. The number of hydrogen-bond acceptors (Lipinski definition) is 4. The van der Waals surface area contributed by atoms with Crippen LogP contribution in [0.5, 0.6) is 0 Å². The van der Waals surface area contributed by atoms with E-state index >= 15 is 0 Å². The van der Waals surface area contributed by atoms with E-state index in [2.05, 4.69) is 13.8 Å². The number of aliphatic hydroxyl groups is 3. The summed E-state index contributed by atoms with van der Waals surface area (Å²) in [5, 5.41) is 30.6. The fourth-order valence-electron chi connectivity index (χ4n) is 4.70. The van der Waals surface area contributed by atoms with E-state index in [1.54, 1.807) is 6.92 Å². The van der Waals surface area contributed by atoms with Gasteiger partial charge in [-0.2, -0.15) is 0 Å². The summed E-state index contributed by atoms with van der Waals surface area (Å²) in [6, 6.07) is 0. The van der Waals surface area contributed by atoms with Crippen LogP contribution in [-0.4, -0.2) is 39.4 Å². The topological polar surface area (TPSA) is 69.9 Å². The summed E-state index contributed by atoms with van der Waals surface area (Å²) in [5.41, 5.74) is -0.212. The van der Waals surface area contributed by atoms with Gasteiger partial charge in [-0.1, -0.05) is 25.5 Å². The Balaban J connectivity index is 2.08. The number of allylic oxidation sites excluding steroid dienone is 1. The normalized spacial score (nSPS) is 57.4. The van der Waals surface area contributed by atoms with E-state index in [0.29, 0.717) is 6.42 Å². The molecule has 0 radical (unpaired) electrons. The molecule has 108 valence electrons. The van der Waals surface area contributed by atoms with Gasteiger partial charge in [0.1, 0.15) is 5.60 Å². The molecular formula is C15H24O4. The third-order valence-electron chi connectivity index (χ3n) is 5.85. The Morgan fingerprint density at radius 1 is 1.32 bits per heavy atom. The zero-order valence-electron chi connectivity index (χ0n) is 11.8. The molecule has 1 aliphatic heterocycles. The quantitative estimate of drug-likeness (QED) is 0.577. The number of rotatable bonds is 0. The van der Waals surface area contributed by atoms with E-state index in [-0.39, 0.29) is 29.5 Å². The molecule has 4 heteroatoms. The molecule has 19 heavy (non-hydrogen) atoms. The van der Waals surface area contributed by atoms with Gasteiger partial charge in [-0.25, -0.2) is 0 Å². The van der Waals surface area contributed by atoms with Gasteiger partial charge in [-0.15, -0.1) is 0 Å². The maximum atomic E-state index is 10.7. The van der Waals surface area contributed by atoms with Crippen molar-refractivity contribution in [2.24, 2.45) is 17.3 Å². The largest absolute Gasteiger partial charge is 0.389 e. The Morgan fingerprint density at radius 2 is 2.00 bits per heavy atom. The average Bonchev–Trinajstić information content (AvgIpc) is 2.53. The van der Waals surface area contributed by atoms with Gasteiger partial charge in [0, 0.05) is 5.92 Å². The molecule has 0 amide bonds. The molecule has 7 unspecified atom stereocenters. The molecule has 1 saturated heterocycles. The van der Waals surface area contributed by atoms with Crippen molar-refractivity contribution >= 4 is 0 Å². The zero-order chi connectivity index (χ0) is 14.0. The predicted molar refractivity (Wildman–Crippen MR) is 70.2 cm³/mol. The molecule has 2 fully saturated rings. The first-order valence-electron chi connectivity index (χ1n) is 7.23. The summed E-state index contributed by atoms with van der Waals surface area (Å²) in [6.07, 6.45) is 2.75. The number of ether oxygens (including phenoxy) is 1. The molecule has 2 aliphatic carbocycles. The smallest absolute Gasteiger partial charge is 0.184 e. The number of fused-ring (bicyclic) bond motifs is 3. The number of aliphatic hydroxyl groups excluding tert-OH is 2. The third-order valence-corrected chi connectivity index (χ3v) is 5.85. The molecule has 0 spiro atoms. The summed E-state index contributed by atoms with van der Waals surface area (Å²) in [7, 11) is 0. The lowest BCUT2D eigenvalue weighted by molar-refractivity contribution is -0.167. The lowest BCUT2D eigenvalue weighted by Crippen LogP contribution is -2.55. The Morgan fingerprint density at radius 3 is 2.68 bits per heavy atom. The predicted octanol–water partition coefficient (Wildman–Crippen LogP) is 1.20. The Kier molecular flexibility index (Phi) is 2.88. The molecule has 0 aromatic heterocycles. The van der Waals surface area contributed by atoms with Crippen LogP contribution in [0.1, 0.15) is 40.0 Å². The van der Waals surface area contributed by atoms with Crippen molar-refractivity contribution in [1.29, 1.82) is 0 Å². The van der Waals surface area contributed by atoms with Crippen LogP contribution in [0.2, 0.25) is 0 Å². The molecule has 3 rings (SSSR count).